The average Bonchev–Trinajstić information content (AvgIpc) is 3.12. The highest BCUT2D eigenvalue weighted by Gasteiger charge is 2.19. The third-order valence-electron chi connectivity index (χ3n) is 8.34. The minimum Gasteiger partial charge on any atom is -0.494 e. The number of ether oxygens (including phenoxy) is 4. The quantitative estimate of drug-likeness (QED) is 0.0504. The molecule has 0 aliphatic rings. The molecule has 3 aromatic rings. The summed E-state index contributed by atoms with van der Waals surface area (Å²) >= 11 is 0. The molecule has 49 heavy (non-hydrogen) atoms. The second kappa shape index (κ2) is 23.6. The van der Waals surface area contributed by atoms with Crippen molar-refractivity contribution >= 4 is 11.9 Å². The molecule has 0 N–H and O–H groups in total. The summed E-state index contributed by atoms with van der Waals surface area (Å²) < 4.78 is 49.9. The van der Waals surface area contributed by atoms with Gasteiger partial charge in [0.05, 0.1) is 24.3 Å². The molecule has 1 atom stereocenters. The van der Waals surface area contributed by atoms with Crippen LogP contribution in [0.15, 0.2) is 66.7 Å². The zero-order chi connectivity index (χ0) is 35.1. The standard InChI is InChI=1S/C41H54F2O6/c1-3-5-7-9-10-11-12-13-14-16-28-47-36-24-21-33(22-25-36)32-17-19-34(20-18-32)40(44)49-39-26-23-35(29-38(39)43)41(45)48-37(30-42)31-46-27-15-8-6-4-2/h17-26,29,37H,3-16,27-28,30-31H2,1-2H3/t37-/m1/s1. The van der Waals surface area contributed by atoms with Gasteiger partial charge in [0.1, 0.15) is 12.4 Å². The molecular formula is C41H54F2O6. The predicted molar refractivity (Wildman–Crippen MR) is 191 cm³/mol. The Labute approximate surface area is 291 Å². The molecule has 3 aromatic carbocycles. The van der Waals surface area contributed by atoms with Gasteiger partial charge < -0.3 is 18.9 Å². The average molecular weight is 681 g/mol. The lowest BCUT2D eigenvalue weighted by Crippen LogP contribution is -2.26. The van der Waals surface area contributed by atoms with Crippen molar-refractivity contribution < 1.29 is 37.3 Å². The zero-order valence-corrected chi connectivity index (χ0v) is 29.4. The topological polar surface area (TPSA) is 71.1 Å². The number of carbonyl (C=O) groups excluding carboxylic acids is 2. The molecule has 0 unspecified atom stereocenters. The van der Waals surface area contributed by atoms with Crippen molar-refractivity contribution in [3.8, 4) is 22.6 Å². The summed E-state index contributed by atoms with van der Waals surface area (Å²) in [6, 6.07) is 18.0. The van der Waals surface area contributed by atoms with E-state index in [4.69, 9.17) is 18.9 Å². The Morgan fingerprint density at radius 2 is 1.16 bits per heavy atom. The smallest absolute Gasteiger partial charge is 0.343 e. The third kappa shape index (κ3) is 15.1. The predicted octanol–water partition coefficient (Wildman–Crippen LogP) is 11.1. The SMILES string of the molecule is CCCCCCCCCCCCOc1ccc(-c2ccc(C(=O)Oc3ccc(C(=O)O[C@H](CF)COCCCCCC)cc3F)cc2)cc1. The minimum absolute atomic E-state index is 0.0788. The van der Waals surface area contributed by atoms with Crippen molar-refractivity contribution in [3.63, 3.8) is 0 Å². The molecule has 0 aliphatic carbocycles. The van der Waals surface area contributed by atoms with Crippen LogP contribution in [0.25, 0.3) is 11.1 Å². The van der Waals surface area contributed by atoms with Crippen molar-refractivity contribution in [1.29, 1.82) is 0 Å². The second-order valence-corrected chi connectivity index (χ2v) is 12.5. The Kier molecular flexibility index (Phi) is 19.1. The number of hydrogen-bond acceptors (Lipinski definition) is 6. The van der Waals surface area contributed by atoms with Crippen LogP contribution in [0.2, 0.25) is 0 Å². The first kappa shape index (κ1) is 39.7. The molecule has 0 amide bonds. The Morgan fingerprint density at radius 1 is 0.633 bits per heavy atom. The van der Waals surface area contributed by atoms with Gasteiger partial charge in [-0.25, -0.2) is 18.4 Å². The lowest BCUT2D eigenvalue weighted by atomic mass is 10.0. The summed E-state index contributed by atoms with van der Waals surface area (Å²) in [6.07, 6.45) is 15.8. The number of alkyl halides is 1. The van der Waals surface area contributed by atoms with Crippen LogP contribution >= 0.6 is 0 Å². The minimum atomic E-state index is -1.09. The molecule has 268 valence electrons. The fourth-order valence-electron chi connectivity index (χ4n) is 5.37. The van der Waals surface area contributed by atoms with Crippen LogP contribution in [0.3, 0.4) is 0 Å². The Balaban J connectivity index is 1.40. The van der Waals surface area contributed by atoms with Gasteiger partial charge in [0.2, 0.25) is 0 Å². The maximum atomic E-state index is 14.8. The molecule has 0 aromatic heterocycles. The van der Waals surface area contributed by atoms with E-state index in [2.05, 4.69) is 13.8 Å². The lowest BCUT2D eigenvalue weighted by Gasteiger charge is -2.15. The Hall–Kier alpha value is -3.78. The van der Waals surface area contributed by atoms with Crippen molar-refractivity contribution in [2.75, 3.05) is 26.5 Å². The molecule has 8 heteroatoms. The zero-order valence-electron chi connectivity index (χ0n) is 29.4. The van der Waals surface area contributed by atoms with Gasteiger partial charge in [-0.3, -0.25) is 0 Å². The first-order valence-electron chi connectivity index (χ1n) is 18.1. The molecular weight excluding hydrogens is 626 g/mol. The second-order valence-electron chi connectivity index (χ2n) is 12.5. The van der Waals surface area contributed by atoms with E-state index < -0.39 is 30.5 Å². The van der Waals surface area contributed by atoms with Gasteiger partial charge in [0.15, 0.2) is 17.7 Å². The summed E-state index contributed by atoms with van der Waals surface area (Å²) in [5.74, 6) is -2.07. The largest absolute Gasteiger partial charge is 0.494 e. The number of esters is 2. The molecule has 0 radical (unpaired) electrons. The van der Waals surface area contributed by atoms with E-state index in [0.717, 1.165) is 55.0 Å². The molecule has 6 nitrogen and oxygen atoms in total. The van der Waals surface area contributed by atoms with E-state index in [0.29, 0.717) is 13.2 Å². The third-order valence-corrected chi connectivity index (χ3v) is 8.34. The van der Waals surface area contributed by atoms with E-state index in [1.165, 1.54) is 69.9 Å². The Morgan fingerprint density at radius 3 is 1.76 bits per heavy atom. The van der Waals surface area contributed by atoms with Crippen LogP contribution < -0.4 is 9.47 Å². The van der Waals surface area contributed by atoms with Gasteiger partial charge in [0, 0.05) is 6.61 Å². The van der Waals surface area contributed by atoms with Crippen molar-refractivity contribution in [2.45, 2.75) is 110 Å². The van der Waals surface area contributed by atoms with Gasteiger partial charge in [0.25, 0.3) is 0 Å². The summed E-state index contributed by atoms with van der Waals surface area (Å²) in [4.78, 5) is 25.2. The number of carbonyl (C=O) groups is 2. The monoisotopic (exact) mass is 680 g/mol. The van der Waals surface area contributed by atoms with Crippen LogP contribution in [0, 0.1) is 5.82 Å². The van der Waals surface area contributed by atoms with Crippen molar-refractivity contribution in [2.24, 2.45) is 0 Å². The highest BCUT2D eigenvalue weighted by molar-refractivity contribution is 5.92. The number of hydrogen-bond donors (Lipinski definition) is 0. The van der Waals surface area contributed by atoms with Gasteiger partial charge in [-0.2, -0.15) is 0 Å². The van der Waals surface area contributed by atoms with Crippen LogP contribution in [-0.4, -0.2) is 44.5 Å². The molecule has 0 saturated carbocycles. The first-order chi connectivity index (χ1) is 23.9. The molecule has 3 rings (SSSR count). The molecule has 0 fully saturated rings. The van der Waals surface area contributed by atoms with Crippen molar-refractivity contribution in [3.05, 3.63) is 83.7 Å². The fraction of sp³-hybridized carbons (Fsp3) is 0.512. The summed E-state index contributed by atoms with van der Waals surface area (Å²) in [6.45, 7) is 4.51. The number of halogens is 2. The first-order valence-corrected chi connectivity index (χ1v) is 18.1. The number of unbranched alkanes of at least 4 members (excludes halogenated alkanes) is 12. The number of rotatable bonds is 25. The van der Waals surface area contributed by atoms with Crippen LogP contribution in [-0.2, 0) is 9.47 Å². The summed E-state index contributed by atoms with van der Waals surface area (Å²) in [5.41, 5.74) is 1.98. The van der Waals surface area contributed by atoms with Gasteiger partial charge in [-0.05, 0) is 66.4 Å². The fourth-order valence-corrected chi connectivity index (χ4v) is 5.37. The molecule has 0 heterocycles. The van der Waals surface area contributed by atoms with Gasteiger partial charge in [-0.1, -0.05) is 115 Å². The molecule has 0 bridgehead atoms. The maximum Gasteiger partial charge on any atom is 0.343 e. The highest BCUT2D eigenvalue weighted by atomic mass is 19.1. The van der Waals surface area contributed by atoms with Gasteiger partial charge >= 0.3 is 11.9 Å². The van der Waals surface area contributed by atoms with E-state index in [1.54, 1.807) is 24.3 Å². The van der Waals surface area contributed by atoms with E-state index in [-0.39, 0.29) is 23.5 Å². The van der Waals surface area contributed by atoms with Gasteiger partial charge in [-0.15, -0.1) is 0 Å². The number of benzene rings is 3. The van der Waals surface area contributed by atoms with Crippen LogP contribution in [0.4, 0.5) is 8.78 Å². The van der Waals surface area contributed by atoms with Crippen molar-refractivity contribution in [1.82, 2.24) is 0 Å². The van der Waals surface area contributed by atoms with E-state index in [9.17, 15) is 18.4 Å². The lowest BCUT2D eigenvalue weighted by molar-refractivity contribution is -0.0128. The summed E-state index contributed by atoms with van der Waals surface area (Å²) in [5, 5.41) is 0. The molecule has 0 spiro atoms. The Bertz CT molecular complexity index is 1360. The van der Waals surface area contributed by atoms with E-state index in [1.807, 2.05) is 24.3 Å². The summed E-state index contributed by atoms with van der Waals surface area (Å²) in [7, 11) is 0. The normalized spacial score (nSPS) is 11.7. The molecule has 0 saturated heterocycles. The molecule has 0 aliphatic heterocycles. The van der Waals surface area contributed by atoms with Crippen LogP contribution in [0.1, 0.15) is 124 Å². The highest BCUT2D eigenvalue weighted by Crippen LogP contribution is 2.25. The maximum absolute atomic E-state index is 14.8. The van der Waals surface area contributed by atoms with E-state index >= 15 is 0 Å². The van der Waals surface area contributed by atoms with Crippen LogP contribution in [0.5, 0.6) is 11.5 Å².